The molecule has 0 aromatic heterocycles. The van der Waals surface area contributed by atoms with Crippen molar-refractivity contribution in [2.45, 2.75) is 12.6 Å². The zero-order valence-corrected chi connectivity index (χ0v) is 8.16. The van der Waals surface area contributed by atoms with Gasteiger partial charge in [0.15, 0.2) is 0 Å². The second kappa shape index (κ2) is 5.97. The van der Waals surface area contributed by atoms with Crippen LogP contribution in [0.25, 0.3) is 0 Å². The summed E-state index contributed by atoms with van der Waals surface area (Å²) in [5, 5.41) is 0. The van der Waals surface area contributed by atoms with Crippen LogP contribution in [0.15, 0.2) is 12.7 Å². The number of methoxy groups -OCH3 is 1. The molecule has 0 fully saturated rings. The van der Waals surface area contributed by atoms with Crippen LogP contribution in [-0.4, -0.2) is 28.3 Å². The average molecular weight is 174 g/mol. The highest BCUT2D eigenvalue weighted by Crippen LogP contribution is 1.94. The van der Waals surface area contributed by atoms with Gasteiger partial charge in [-0.1, -0.05) is 12.6 Å². The van der Waals surface area contributed by atoms with Gasteiger partial charge in [-0.05, 0) is 6.04 Å². The Morgan fingerprint density at radius 2 is 2.36 bits per heavy atom. The number of carbonyl (C=O) groups is 1. The molecule has 0 aliphatic heterocycles. The lowest BCUT2D eigenvalue weighted by molar-refractivity contribution is 0.0856. The number of carbonyl (C=O) groups excluding carboxylic acids is 1. The molecule has 0 saturated heterocycles. The molecule has 0 saturated carbocycles. The lowest BCUT2D eigenvalue weighted by Gasteiger charge is -2.06. The molecule has 0 aromatic rings. The molecule has 0 amide bonds. The van der Waals surface area contributed by atoms with Gasteiger partial charge in [0.05, 0.1) is 22.1 Å². The Morgan fingerprint density at radius 3 is 2.82 bits per heavy atom. The molecule has 3 nitrogen and oxygen atoms in total. The molecule has 0 aliphatic rings. The van der Waals surface area contributed by atoms with E-state index in [1.165, 1.54) is 7.11 Å². The monoisotopic (exact) mass is 174 g/mol. The quantitative estimate of drug-likeness (QED) is 0.366. The summed E-state index contributed by atoms with van der Waals surface area (Å²) in [7, 11) is 0.394. The topological polar surface area (TPSA) is 35.5 Å². The minimum absolute atomic E-state index is 0.526. The minimum Gasteiger partial charge on any atom is -0.438 e. The first kappa shape index (κ1) is 10.2. The van der Waals surface area contributed by atoms with Crippen LogP contribution < -0.4 is 0 Å². The van der Waals surface area contributed by atoms with Crippen LogP contribution >= 0.6 is 0 Å². The van der Waals surface area contributed by atoms with E-state index in [0.29, 0.717) is 6.23 Å². The Labute approximate surface area is 68.6 Å². The van der Waals surface area contributed by atoms with Crippen LogP contribution in [-0.2, 0) is 9.47 Å². The highest BCUT2D eigenvalue weighted by atomic mass is 28.3. The van der Waals surface area contributed by atoms with Crippen molar-refractivity contribution in [2.75, 3.05) is 13.3 Å². The van der Waals surface area contributed by atoms with E-state index in [1.807, 2.05) is 6.08 Å². The molecule has 0 rings (SSSR count). The van der Waals surface area contributed by atoms with Crippen LogP contribution in [0.3, 0.4) is 0 Å². The molecule has 0 aromatic carbocycles. The van der Waals surface area contributed by atoms with Crippen molar-refractivity contribution in [3.05, 3.63) is 12.7 Å². The van der Waals surface area contributed by atoms with Gasteiger partial charge in [-0.25, -0.2) is 4.79 Å². The van der Waals surface area contributed by atoms with Gasteiger partial charge in [-0.15, -0.1) is 6.58 Å². The number of allylic oxidation sites excluding steroid dienone is 1. The van der Waals surface area contributed by atoms with Crippen molar-refractivity contribution in [3.63, 3.8) is 0 Å². The third kappa shape index (κ3) is 5.66. The molecule has 11 heavy (non-hydrogen) atoms. The first-order valence-corrected chi connectivity index (χ1v) is 6.31. The van der Waals surface area contributed by atoms with Crippen molar-refractivity contribution in [3.8, 4) is 0 Å². The van der Waals surface area contributed by atoms with Gasteiger partial charge in [0.1, 0.15) is 0 Å². The molecular weight excluding hydrogens is 160 g/mol. The standard InChI is InChI=1S/C7H14O3Si/c1-4-5-11(3)6-10-7(8)9-2/h4,11H,1,5-6H2,2-3H3. The van der Waals surface area contributed by atoms with E-state index in [1.54, 1.807) is 0 Å². The van der Waals surface area contributed by atoms with E-state index in [2.05, 4.69) is 17.9 Å². The van der Waals surface area contributed by atoms with Gasteiger partial charge in [0, 0.05) is 0 Å². The normalized spacial score (nSPS) is 11.8. The lowest BCUT2D eigenvalue weighted by atomic mass is 10.8. The lowest BCUT2D eigenvalue weighted by Crippen LogP contribution is -2.18. The van der Waals surface area contributed by atoms with Crippen LogP contribution in [0.1, 0.15) is 0 Å². The molecule has 1 atom stereocenters. The Bertz CT molecular complexity index is 136. The number of hydrogen-bond acceptors (Lipinski definition) is 3. The maximum Gasteiger partial charge on any atom is 0.507 e. The van der Waals surface area contributed by atoms with Gasteiger partial charge in [-0.2, -0.15) is 0 Å². The Morgan fingerprint density at radius 1 is 1.73 bits per heavy atom. The second-order valence-electron chi connectivity index (χ2n) is 2.39. The van der Waals surface area contributed by atoms with Gasteiger partial charge < -0.3 is 9.47 Å². The molecule has 64 valence electrons. The van der Waals surface area contributed by atoms with E-state index in [4.69, 9.17) is 4.74 Å². The van der Waals surface area contributed by atoms with Crippen LogP contribution in [0, 0.1) is 0 Å². The molecule has 0 bridgehead atoms. The van der Waals surface area contributed by atoms with Crippen molar-refractivity contribution in [1.82, 2.24) is 0 Å². The fourth-order valence-electron chi connectivity index (χ4n) is 0.622. The summed E-state index contributed by atoms with van der Waals surface area (Å²) in [5.41, 5.74) is 0. The van der Waals surface area contributed by atoms with E-state index >= 15 is 0 Å². The highest BCUT2D eigenvalue weighted by molar-refractivity contribution is 6.57. The van der Waals surface area contributed by atoms with Crippen molar-refractivity contribution >= 4 is 15.0 Å². The molecule has 0 heterocycles. The second-order valence-corrected chi connectivity index (χ2v) is 5.41. The molecule has 0 aliphatic carbocycles. The van der Waals surface area contributed by atoms with Gasteiger partial charge >= 0.3 is 6.16 Å². The number of rotatable bonds is 4. The van der Waals surface area contributed by atoms with Crippen LogP contribution in [0.4, 0.5) is 4.79 Å². The Hall–Kier alpha value is -0.773. The predicted octanol–water partition coefficient (Wildman–Crippen LogP) is 1.35. The summed E-state index contributed by atoms with van der Waals surface area (Å²) in [6.45, 7) is 5.73. The van der Waals surface area contributed by atoms with Crippen molar-refractivity contribution < 1.29 is 14.3 Å². The first-order valence-electron chi connectivity index (χ1n) is 3.52. The van der Waals surface area contributed by atoms with Gasteiger partial charge in [0.2, 0.25) is 0 Å². The summed E-state index contributed by atoms with van der Waals surface area (Å²) in [4.78, 5) is 10.5. The maximum absolute atomic E-state index is 10.5. The number of ether oxygens (including phenoxy) is 2. The van der Waals surface area contributed by atoms with E-state index in [9.17, 15) is 4.79 Å². The first-order chi connectivity index (χ1) is 5.20. The largest absolute Gasteiger partial charge is 0.507 e. The molecule has 4 heteroatoms. The van der Waals surface area contributed by atoms with Gasteiger partial charge in [0.25, 0.3) is 0 Å². The smallest absolute Gasteiger partial charge is 0.438 e. The molecule has 1 unspecified atom stereocenters. The summed E-state index contributed by atoms with van der Waals surface area (Å²) >= 11 is 0. The Kier molecular flexibility index (Phi) is 5.55. The molecule has 0 spiro atoms. The molecular formula is C7H14O3Si. The predicted molar refractivity (Wildman–Crippen MR) is 46.4 cm³/mol. The van der Waals surface area contributed by atoms with E-state index in [-0.39, 0.29) is 0 Å². The van der Waals surface area contributed by atoms with Crippen LogP contribution in [0.5, 0.6) is 0 Å². The maximum atomic E-state index is 10.5. The minimum atomic E-state index is -0.913. The van der Waals surface area contributed by atoms with E-state index < -0.39 is 15.0 Å². The summed E-state index contributed by atoms with van der Waals surface area (Å²) in [5.74, 6) is 0. The zero-order valence-electron chi connectivity index (χ0n) is 7.00. The fourth-order valence-corrected chi connectivity index (χ4v) is 1.75. The zero-order chi connectivity index (χ0) is 8.69. The van der Waals surface area contributed by atoms with Crippen molar-refractivity contribution in [1.29, 1.82) is 0 Å². The third-order valence-corrected chi connectivity index (χ3v) is 3.10. The summed E-state index contributed by atoms with van der Waals surface area (Å²) < 4.78 is 9.07. The number of hydrogen-bond donors (Lipinski definition) is 0. The fraction of sp³-hybridized carbons (Fsp3) is 0.571. The van der Waals surface area contributed by atoms with E-state index in [0.717, 1.165) is 6.04 Å². The SMILES string of the molecule is C=CC[SiH](C)COC(=O)OC. The van der Waals surface area contributed by atoms with Crippen molar-refractivity contribution in [2.24, 2.45) is 0 Å². The highest BCUT2D eigenvalue weighted by Gasteiger charge is 2.05. The van der Waals surface area contributed by atoms with Gasteiger partial charge in [-0.3, -0.25) is 0 Å². The average Bonchev–Trinajstić information content (AvgIpc) is 2.01. The summed E-state index contributed by atoms with van der Waals surface area (Å²) in [6, 6.07) is 0.983. The summed E-state index contributed by atoms with van der Waals surface area (Å²) in [6.07, 6.45) is 1.80. The molecule has 0 radical (unpaired) electrons. The Balaban J connectivity index is 3.36. The third-order valence-electron chi connectivity index (χ3n) is 1.22. The van der Waals surface area contributed by atoms with Crippen LogP contribution in [0.2, 0.25) is 12.6 Å². The molecule has 0 N–H and O–H groups in total.